The summed E-state index contributed by atoms with van der Waals surface area (Å²) in [7, 11) is 0. The van der Waals surface area contributed by atoms with Gasteiger partial charge in [0.05, 0.1) is 13.0 Å². The lowest BCUT2D eigenvalue weighted by molar-refractivity contribution is -0.121. The van der Waals surface area contributed by atoms with E-state index in [0.29, 0.717) is 16.5 Å². The summed E-state index contributed by atoms with van der Waals surface area (Å²) in [5.41, 5.74) is 0.606. The number of fused-ring (bicyclic) bond motifs is 1. The summed E-state index contributed by atoms with van der Waals surface area (Å²) in [5, 5.41) is 13.8. The smallest absolute Gasteiger partial charge is 0.224 e. The summed E-state index contributed by atoms with van der Waals surface area (Å²) >= 11 is 0. The van der Waals surface area contributed by atoms with Gasteiger partial charge in [-0.25, -0.2) is 8.78 Å². The fraction of sp³-hybridized carbons (Fsp3) is 0.211. The lowest BCUT2D eigenvalue weighted by atomic mass is 9.96. The maximum atomic E-state index is 13.4. The molecule has 25 heavy (non-hydrogen) atoms. The van der Waals surface area contributed by atoms with Crippen molar-refractivity contribution in [3.05, 3.63) is 71.4 Å². The van der Waals surface area contributed by atoms with Gasteiger partial charge in [0.1, 0.15) is 17.2 Å². The molecule has 0 saturated heterocycles. The average Bonchev–Trinajstić information content (AvgIpc) is 2.96. The molecule has 1 heterocycles. The number of aromatic nitrogens is 1. The third-order valence-electron chi connectivity index (χ3n) is 4.18. The molecule has 0 spiro atoms. The first-order valence-electron chi connectivity index (χ1n) is 7.86. The van der Waals surface area contributed by atoms with E-state index in [1.807, 2.05) is 0 Å². The second-order valence-corrected chi connectivity index (χ2v) is 6.24. The Bertz CT molecular complexity index is 901. The van der Waals surface area contributed by atoms with Gasteiger partial charge in [0, 0.05) is 17.1 Å². The molecule has 1 aromatic heterocycles. The van der Waals surface area contributed by atoms with E-state index in [-0.39, 0.29) is 24.7 Å². The van der Waals surface area contributed by atoms with E-state index in [4.69, 9.17) is 0 Å². The van der Waals surface area contributed by atoms with Crippen molar-refractivity contribution >= 4 is 16.8 Å². The molecule has 0 aliphatic rings. The van der Waals surface area contributed by atoms with Crippen LogP contribution in [0.15, 0.2) is 48.7 Å². The zero-order chi connectivity index (χ0) is 18.0. The van der Waals surface area contributed by atoms with Gasteiger partial charge in [-0.05, 0) is 48.4 Å². The normalized spacial score (nSPS) is 13.6. The number of carbonyl (C=O) groups is 1. The summed E-state index contributed by atoms with van der Waals surface area (Å²) in [6.07, 6.45) is 1.73. The van der Waals surface area contributed by atoms with Gasteiger partial charge in [-0.15, -0.1) is 0 Å². The minimum atomic E-state index is -1.32. The molecule has 3 aromatic rings. The van der Waals surface area contributed by atoms with Crippen LogP contribution in [0.1, 0.15) is 18.1 Å². The third kappa shape index (κ3) is 3.85. The van der Waals surface area contributed by atoms with Crippen molar-refractivity contribution in [3.63, 3.8) is 0 Å². The van der Waals surface area contributed by atoms with E-state index in [1.165, 1.54) is 36.4 Å². The maximum absolute atomic E-state index is 13.4. The van der Waals surface area contributed by atoms with Crippen molar-refractivity contribution in [1.82, 2.24) is 10.3 Å². The second kappa shape index (κ2) is 6.64. The Hall–Kier alpha value is -2.73. The molecule has 130 valence electrons. The summed E-state index contributed by atoms with van der Waals surface area (Å²) in [4.78, 5) is 15.2. The lowest BCUT2D eigenvalue weighted by Crippen LogP contribution is -2.39. The van der Waals surface area contributed by atoms with E-state index in [0.717, 1.165) is 5.52 Å². The van der Waals surface area contributed by atoms with E-state index in [9.17, 15) is 18.7 Å². The zero-order valence-electron chi connectivity index (χ0n) is 13.6. The van der Waals surface area contributed by atoms with Crippen LogP contribution in [-0.4, -0.2) is 22.5 Å². The highest BCUT2D eigenvalue weighted by atomic mass is 19.1. The minimum Gasteiger partial charge on any atom is -0.384 e. The van der Waals surface area contributed by atoms with Gasteiger partial charge in [0.25, 0.3) is 0 Å². The number of halogens is 2. The molecule has 1 amide bonds. The second-order valence-electron chi connectivity index (χ2n) is 6.24. The highest BCUT2D eigenvalue weighted by molar-refractivity contribution is 5.88. The van der Waals surface area contributed by atoms with Crippen LogP contribution in [-0.2, 0) is 16.8 Å². The average molecular weight is 344 g/mol. The third-order valence-corrected chi connectivity index (χ3v) is 4.18. The van der Waals surface area contributed by atoms with Crippen LogP contribution >= 0.6 is 0 Å². The molecule has 0 aliphatic heterocycles. The first kappa shape index (κ1) is 17.1. The molecular formula is C19H18F2N2O2. The van der Waals surface area contributed by atoms with E-state index < -0.39 is 11.4 Å². The number of hydrogen-bond acceptors (Lipinski definition) is 2. The van der Waals surface area contributed by atoms with Crippen molar-refractivity contribution in [2.75, 3.05) is 6.54 Å². The van der Waals surface area contributed by atoms with Crippen LogP contribution in [0.25, 0.3) is 10.9 Å². The number of nitrogens with one attached hydrogen (secondary N) is 2. The zero-order valence-corrected chi connectivity index (χ0v) is 13.6. The van der Waals surface area contributed by atoms with Crippen LogP contribution in [0, 0.1) is 11.6 Å². The first-order chi connectivity index (χ1) is 11.8. The first-order valence-corrected chi connectivity index (χ1v) is 7.86. The Labute approximate surface area is 143 Å². The quantitative estimate of drug-likeness (QED) is 0.666. The molecule has 3 rings (SSSR count). The highest BCUT2D eigenvalue weighted by Crippen LogP contribution is 2.21. The number of carbonyl (C=O) groups excluding carboxylic acids is 1. The Balaban J connectivity index is 1.66. The fourth-order valence-corrected chi connectivity index (χ4v) is 2.71. The molecule has 1 atom stereocenters. The Morgan fingerprint density at radius 3 is 2.56 bits per heavy atom. The predicted molar refractivity (Wildman–Crippen MR) is 90.9 cm³/mol. The Kier molecular flexibility index (Phi) is 4.55. The monoisotopic (exact) mass is 344 g/mol. The van der Waals surface area contributed by atoms with E-state index in [2.05, 4.69) is 10.3 Å². The van der Waals surface area contributed by atoms with E-state index >= 15 is 0 Å². The molecule has 2 aromatic carbocycles. The fourth-order valence-electron chi connectivity index (χ4n) is 2.71. The summed E-state index contributed by atoms with van der Waals surface area (Å²) < 4.78 is 26.4. The maximum Gasteiger partial charge on any atom is 0.224 e. The van der Waals surface area contributed by atoms with Gasteiger partial charge in [-0.2, -0.15) is 0 Å². The van der Waals surface area contributed by atoms with Gasteiger partial charge in [-0.1, -0.05) is 12.1 Å². The van der Waals surface area contributed by atoms with Crippen molar-refractivity contribution in [2.45, 2.75) is 18.9 Å². The molecular weight excluding hydrogens is 326 g/mol. The molecule has 6 heteroatoms. The van der Waals surface area contributed by atoms with Crippen molar-refractivity contribution in [3.8, 4) is 0 Å². The van der Waals surface area contributed by atoms with Crippen LogP contribution in [0.4, 0.5) is 8.78 Å². The number of benzene rings is 2. The Morgan fingerprint density at radius 2 is 1.84 bits per heavy atom. The molecule has 4 nitrogen and oxygen atoms in total. The number of rotatable bonds is 5. The van der Waals surface area contributed by atoms with Crippen molar-refractivity contribution in [1.29, 1.82) is 0 Å². The SMILES string of the molecule is CC(O)(CNC(=O)Cc1c[nH]c2ccc(F)cc12)c1ccc(F)cc1. The van der Waals surface area contributed by atoms with Crippen molar-refractivity contribution in [2.24, 2.45) is 0 Å². The summed E-state index contributed by atoms with van der Waals surface area (Å²) in [6, 6.07) is 9.81. The number of H-pyrrole nitrogens is 1. The lowest BCUT2D eigenvalue weighted by Gasteiger charge is -2.24. The number of amides is 1. The molecule has 0 fully saturated rings. The van der Waals surface area contributed by atoms with Crippen LogP contribution in [0.5, 0.6) is 0 Å². The number of hydrogen-bond donors (Lipinski definition) is 3. The molecule has 0 saturated carbocycles. The molecule has 3 N–H and O–H groups in total. The van der Waals surface area contributed by atoms with Crippen LogP contribution in [0.3, 0.4) is 0 Å². The number of aliphatic hydroxyl groups is 1. The van der Waals surface area contributed by atoms with Gasteiger partial charge in [-0.3, -0.25) is 4.79 Å². The standard InChI is InChI=1S/C19H18F2N2O2/c1-19(25,13-2-4-14(20)5-3-13)11-23-18(24)8-12-10-22-17-7-6-15(21)9-16(12)17/h2-7,9-10,22,25H,8,11H2,1H3,(H,23,24). The van der Waals surface area contributed by atoms with Crippen LogP contribution in [0.2, 0.25) is 0 Å². The van der Waals surface area contributed by atoms with Crippen LogP contribution < -0.4 is 5.32 Å². The van der Waals surface area contributed by atoms with Gasteiger partial charge in [0.2, 0.25) is 5.91 Å². The highest BCUT2D eigenvalue weighted by Gasteiger charge is 2.24. The molecule has 1 unspecified atom stereocenters. The molecule has 0 radical (unpaired) electrons. The van der Waals surface area contributed by atoms with Crippen molar-refractivity contribution < 1.29 is 18.7 Å². The van der Waals surface area contributed by atoms with Gasteiger partial charge >= 0.3 is 0 Å². The van der Waals surface area contributed by atoms with Gasteiger partial charge < -0.3 is 15.4 Å². The summed E-state index contributed by atoms with van der Waals surface area (Å²) in [6.45, 7) is 1.52. The number of aromatic amines is 1. The van der Waals surface area contributed by atoms with Gasteiger partial charge in [0.15, 0.2) is 0 Å². The predicted octanol–water partition coefficient (Wildman–Crippen LogP) is 3.01. The molecule has 0 aliphatic carbocycles. The summed E-state index contributed by atoms with van der Waals surface area (Å²) in [5.74, 6) is -1.06. The van der Waals surface area contributed by atoms with E-state index in [1.54, 1.807) is 19.2 Å². The largest absolute Gasteiger partial charge is 0.384 e. The minimum absolute atomic E-state index is 0.0197. The Morgan fingerprint density at radius 1 is 1.16 bits per heavy atom. The topological polar surface area (TPSA) is 65.1 Å². The molecule has 0 bridgehead atoms.